The van der Waals surface area contributed by atoms with E-state index in [1.165, 1.54) is 5.56 Å². The van der Waals surface area contributed by atoms with Crippen LogP contribution in [0.4, 0.5) is 0 Å². The van der Waals surface area contributed by atoms with E-state index in [0.29, 0.717) is 5.56 Å². The van der Waals surface area contributed by atoms with Gasteiger partial charge in [0.2, 0.25) is 0 Å². The lowest BCUT2D eigenvalue weighted by Crippen LogP contribution is -2.29. The fourth-order valence-corrected chi connectivity index (χ4v) is 4.19. The monoisotopic (exact) mass is 551 g/mol. The zero-order valence-electron chi connectivity index (χ0n) is 21.1. The van der Waals surface area contributed by atoms with Crippen molar-refractivity contribution in [2.24, 2.45) is 5.73 Å². The maximum Gasteiger partial charge on any atom is 0.466 e. The van der Waals surface area contributed by atoms with Gasteiger partial charge in [0.15, 0.2) is 5.60 Å². The van der Waals surface area contributed by atoms with Crippen molar-refractivity contribution < 1.29 is 39.0 Å². The van der Waals surface area contributed by atoms with Gasteiger partial charge in [-0.2, -0.15) is 0 Å². The number of esters is 1. The Morgan fingerprint density at radius 2 is 1.21 bits per heavy atom. The Balaban J connectivity index is 0.000000232. The number of benzene rings is 4. The van der Waals surface area contributed by atoms with Gasteiger partial charge in [0.1, 0.15) is 11.5 Å². The van der Waals surface area contributed by atoms with Crippen LogP contribution in [0.15, 0.2) is 103 Å². The number of phenols is 2. The van der Waals surface area contributed by atoms with Crippen molar-refractivity contribution >= 4 is 13.8 Å². The van der Waals surface area contributed by atoms with Gasteiger partial charge in [0.25, 0.3) is 0 Å². The number of carbonyl (C=O) groups excluding carboxylic acids is 1. The molecule has 0 saturated carbocycles. The smallest absolute Gasteiger partial charge is 0.466 e. The Morgan fingerprint density at radius 1 is 0.769 bits per heavy atom. The summed E-state index contributed by atoms with van der Waals surface area (Å²) >= 11 is 0. The van der Waals surface area contributed by atoms with Crippen LogP contribution in [-0.2, 0) is 21.3 Å². The summed E-state index contributed by atoms with van der Waals surface area (Å²) in [6.07, 6.45) is 0.973. The van der Waals surface area contributed by atoms with Gasteiger partial charge >= 0.3 is 13.8 Å². The van der Waals surface area contributed by atoms with Crippen molar-refractivity contribution in [1.29, 1.82) is 0 Å². The Kier molecular flexibility index (Phi) is 9.64. The largest absolute Gasteiger partial charge is 0.508 e. The standard InChI is InChI=1S/C20H14O4.C9H13N.H3O4P/c21-15-9-5-13(6-10-15)20(14-7-11-16(22)12-8-14)18-4-2-1-3-17(18)19(23)24-20;1-8(10)7-9-5-3-2-4-6-9;1-5(2,3)4/h1-12,21-22H;2-6,8H,7,10H2,1H3;(H3,1,2,3,4). The maximum atomic E-state index is 12.4. The van der Waals surface area contributed by atoms with E-state index in [1.807, 2.05) is 37.3 Å². The molecule has 4 aromatic rings. The highest BCUT2D eigenvalue weighted by Crippen LogP contribution is 2.47. The van der Waals surface area contributed by atoms with Crippen LogP contribution in [0.5, 0.6) is 11.5 Å². The predicted molar refractivity (Wildman–Crippen MR) is 146 cm³/mol. The second kappa shape index (κ2) is 12.7. The zero-order valence-corrected chi connectivity index (χ0v) is 22.0. The van der Waals surface area contributed by atoms with Crippen molar-refractivity contribution in [3.8, 4) is 11.5 Å². The molecule has 10 heteroatoms. The number of cyclic esters (lactones) is 1. The normalized spacial score (nSPS) is 14.0. The number of phosphoric acid groups is 1. The van der Waals surface area contributed by atoms with Gasteiger partial charge in [-0.05, 0) is 49.2 Å². The number of aromatic hydroxyl groups is 2. The molecule has 1 atom stereocenters. The van der Waals surface area contributed by atoms with Gasteiger partial charge in [-0.25, -0.2) is 9.36 Å². The van der Waals surface area contributed by atoms with E-state index in [4.69, 9.17) is 29.7 Å². The van der Waals surface area contributed by atoms with Crippen molar-refractivity contribution in [1.82, 2.24) is 0 Å². The molecule has 0 aromatic heterocycles. The minimum absolute atomic E-state index is 0.136. The zero-order chi connectivity index (χ0) is 28.6. The van der Waals surface area contributed by atoms with Crippen LogP contribution < -0.4 is 5.73 Å². The fourth-order valence-electron chi connectivity index (χ4n) is 4.19. The number of phenolic OH excluding ortho intramolecular Hbond substituents is 2. The third-order valence-corrected chi connectivity index (χ3v) is 5.72. The van der Waals surface area contributed by atoms with Gasteiger partial charge in [-0.15, -0.1) is 0 Å². The number of hydrogen-bond donors (Lipinski definition) is 6. The number of hydrogen-bond acceptors (Lipinski definition) is 6. The van der Waals surface area contributed by atoms with Crippen molar-refractivity contribution in [2.45, 2.75) is 25.0 Å². The average Bonchev–Trinajstić information content (AvgIpc) is 3.18. The summed E-state index contributed by atoms with van der Waals surface area (Å²) in [4.78, 5) is 34.0. The highest BCUT2D eigenvalue weighted by Gasteiger charge is 2.48. The molecule has 0 saturated heterocycles. The van der Waals surface area contributed by atoms with Gasteiger partial charge < -0.3 is 35.4 Å². The van der Waals surface area contributed by atoms with E-state index < -0.39 is 19.4 Å². The summed E-state index contributed by atoms with van der Waals surface area (Å²) in [5.41, 5.74) is 8.55. The van der Waals surface area contributed by atoms with Crippen LogP contribution in [0, 0.1) is 0 Å². The van der Waals surface area contributed by atoms with Crippen LogP contribution in [-0.4, -0.2) is 36.9 Å². The molecule has 0 amide bonds. The van der Waals surface area contributed by atoms with Crippen LogP contribution in [0.25, 0.3) is 0 Å². The Bertz CT molecular complexity index is 1360. The van der Waals surface area contributed by atoms with Gasteiger partial charge in [-0.1, -0.05) is 72.8 Å². The average molecular weight is 552 g/mol. The lowest BCUT2D eigenvalue weighted by molar-refractivity contribution is 0.0251. The van der Waals surface area contributed by atoms with E-state index in [9.17, 15) is 15.0 Å². The van der Waals surface area contributed by atoms with Gasteiger partial charge in [-0.3, -0.25) is 0 Å². The molecular formula is C29H30NO8P. The molecule has 7 N–H and O–H groups in total. The summed E-state index contributed by atoms with van der Waals surface area (Å²) in [6.45, 7) is 2.02. The Labute approximate surface area is 226 Å². The second-order valence-electron chi connectivity index (χ2n) is 8.89. The van der Waals surface area contributed by atoms with E-state index in [-0.39, 0.29) is 17.5 Å². The molecular weight excluding hydrogens is 521 g/mol. The third-order valence-electron chi connectivity index (χ3n) is 5.72. The molecule has 0 fully saturated rings. The molecule has 39 heavy (non-hydrogen) atoms. The van der Waals surface area contributed by atoms with Crippen LogP contribution in [0.1, 0.15) is 39.5 Å². The molecule has 1 aliphatic heterocycles. The minimum Gasteiger partial charge on any atom is -0.508 e. The molecule has 0 aliphatic carbocycles. The topological polar surface area (TPSA) is 171 Å². The van der Waals surface area contributed by atoms with E-state index in [2.05, 4.69) is 12.1 Å². The maximum absolute atomic E-state index is 12.4. The fraction of sp³-hybridized carbons (Fsp3) is 0.138. The number of ether oxygens (including phenoxy) is 1. The lowest BCUT2D eigenvalue weighted by atomic mass is 9.80. The second-order valence-corrected chi connectivity index (χ2v) is 9.92. The van der Waals surface area contributed by atoms with E-state index in [1.54, 1.807) is 60.7 Å². The first kappa shape index (κ1) is 29.6. The molecule has 0 bridgehead atoms. The molecule has 1 unspecified atom stereocenters. The summed E-state index contributed by atoms with van der Waals surface area (Å²) in [5.74, 6) is -0.124. The van der Waals surface area contributed by atoms with Crippen LogP contribution in [0.2, 0.25) is 0 Å². The summed E-state index contributed by atoms with van der Waals surface area (Å²) in [5, 5.41) is 19.2. The minimum atomic E-state index is -4.64. The number of carbonyl (C=O) groups is 1. The number of nitrogens with two attached hydrogens (primary N) is 1. The van der Waals surface area contributed by atoms with Crippen LogP contribution in [0.3, 0.4) is 0 Å². The lowest BCUT2D eigenvalue weighted by Gasteiger charge is -2.30. The quantitative estimate of drug-likeness (QED) is 0.161. The Morgan fingerprint density at radius 3 is 1.67 bits per heavy atom. The molecule has 204 valence electrons. The molecule has 4 aromatic carbocycles. The van der Waals surface area contributed by atoms with Crippen molar-refractivity contribution in [3.05, 3.63) is 131 Å². The Hall–Kier alpha value is -3.98. The van der Waals surface area contributed by atoms with E-state index >= 15 is 0 Å². The summed E-state index contributed by atoms with van der Waals surface area (Å²) in [7, 11) is -4.64. The van der Waals surface area contributed by atoms with Crippen LogP contribution >= 0.6 is 7.82 Å². The molecule has 9 nitrogen and oxygen atoms in total. The number of rotatable bonds is 4. The highest BCUT2D eigenvalue weighted by molar-refractivity contribution is 7.45. The first-order valence-corrected chi connectivity index (χ1v) is 13.5. The summed E-state index contributed by atoms with van der Waals surface area (Å²) in [6, 6.07) is 31.0. The molecule has 5 rings (SSSR count). The SMILES string of the molecule is CC(N)Cc1ccccc1.O=C1OC(c2ccc(O)cc2)(c2ccc(O)cc2)c2ccccc21.O=P(O)(O)O. The summed E-state index contributed by atoms with van der Waals surface area (Å²) < 4.78 is 14.8. The van der Waals surface area contributed by atoms with Gasteiger partial charge in [0, 0.05) is 22.7 Å². The predicted octanol–water partition coefficient (Wildman–Crippen LogP) is 4.21. The molecule has 1 aliphatic rings. The molecule has 0 radical (unpaired) electrons. The van der Waals surface area contributed by atoms with E-state index in [0.717, 1.165) is 23.1 Å². The first-order valence-electron chi connectivity index (χ1n) is 11.9. The van der Waals surface area contributed by atoms with Crippen molar-refractivity contribution in [3.63, 3.8) is 0 Å². The number of fused-ring (bicyclic) bond motifs is 1. The molecule has 0 spiro atoms. The van der Waals surface area contributed by atoms with Crippen molar-refractivity contribution in [2.75, 3.05) is 0 Å². The third kappa shape index (κ3) is 8.00. The highest BCUT2D eigenvalue weighted by atomic mass is 31.2. The van der Waals surface area contributed by atoms with Gasteiger partial charge in [0.05, 0.1) is 5.56 Å². The molecule has 1 heterocycles. The first-order chi connectivity index (χ1) is 18.4.